The first-order valence-corrected chi connectivity index (χ1v) is 6.75. The first-order chi connectivity index (χ1) is 7.56. The molecule has 0 spiro atoms. The van der Waals surface area contributed by atoms with E-state index in [4.69, 9.17) is 5.11 Å². The van der Waals surface area contributed by atoms with Crippen molar-refractivity contribution in [1.29, 1.82) is 0 Å². The maximum absolute atomic E-state index is 11.9. The molecule has 16 heavy (non-hydrogen) atoms. The van der Waals surface area contributed by atoms with Gasteiger partial charge in [0.2, 0.25) is 0 Å². The summed E-state index contributed by atoms with van der Waals surface area (Å²) >= 11 is 2.90. The molecule has 0 aromatic carbocycles. The maximum atomic E-state index is 11.9. The van der Waals surface area contributed by atoms with Crippen LogP contribution < -0.4 is 0 Å². The summed E-state index contributed by atoms with van der Waals surface area (Å²) in [6.45, 7) is 0.236. The Labute approximate surface area is 102 Å². The molecule has 0 aliphatic heterocycles. The Morgan fingerprint density at radius 1 is 1.56 bits per heavy atom. The smallest absolute Gasteiger partial charge is 0.305 e. The number of nitrogens with zero attached hydrogens (tertiary/aromatic N) is 1. The van der Waals surface area contributed by atoms with E-state index >= 15 is 0 Å². The molecule has 0 fully saturated rings. The average Bonchev–Trinajstić information content (AvgIpc) is 2.72. The van der Waals surface area contributed by atoms with Crippen molar-refractivity contribution in [2.45, 2.75) is 11.3 Å². The minimum atomic E-state index is -0.893. The molecule has 6 heteroatoms. The Hall–Kier alpha value is -1.01. The highest BCUT2D eigenvalue weighted by Gasteiger charge is 2.17. The van der Waals surface area contributed by atoms with Crippen LogP contribution in [0.4, 0.5) is 0 Å². The third kappa shape index (κ3) is 3.24. The van der Waals surface area contributed by atoms with E-state index in [0.29, 0.717) is 4.88 Å². The molecule has 0 atom stereocenters. The van der Waals surface area contributed by atoms with Crippen molar-refractivity contribution in [3.63, 3.8) is 0 Å². The molecule has 1 heterocycles. The molecule has 1 N–H and O–H groups in total. The van der Waals surface area contributed by atoms with E-state index in [1.54, 1.807) is 7.05 Å². The number of amides is 1. The first kappa shape index (κ1) is 13.1. The Morgan fingerprint density at radius 2 is 2.25 bits per heavy atom. The monoisotopic (exact) mass is 259 g/mol. The van der Waals surface area contributed by atoms with Gasteiger partial charge in [-0.05, 0) is 17.7 Å². The van der Waals surface area contributed by atoms with Crippen LogP contribution in [-0.4, -0.2) is 41.7 Å². The van der Waals surface area contributed by atoms with Crippen molar-refractivity contribution in [3.05, 3.63) is 16.3 Å². The van der Waals surface area contributed by atoms with E-state index in [-0.39, 0.29) is 18.9 Å². The Bertz CT molecular complexity index is 389. The van der Waals surface area contributed by atoms with Gasteiger partial charge in [-0.3, -0.25) is 9.59 Å². The first-order valence-electron chi connectivity index (χ1n) is 4.65. The summed E-state index contributed by atoms with van der Waals surface area (Å²) in [6.07, 6.45) is 1.89. The highest BCUT2D eigenvalue weighted by molar-refractivity contribution is 7.98. The molecule has 0 aliphatic rings. The van der Waals surface area contributed by atoms with Crippen LogP contribution in [-0.2, 0) is 4.79 Å². The second-order valence-corrected chi connectivity index (χ2v) is 4.95. The van der Waals surface area contributed by atoms with Gasteiger partial charge in [-0.25, -0.2) is 0 Å². The normalized spacial score (nSPS) is 10.1. The zero-order valence-corrected chi connectivity index (χ0v) is 10.7. The summed E-state index contributed by atoms with van der Waals surface area (Å²) < 4.78 is 0. The van der Waals surface area contributed by atoms with Crippen LogP contribution in [0.3, 0.4) is 0 Å². The van der Waals surface area contributed by atoms with E-state index < -0.39 is 5.97 Å². The Kier molecular flexibility index (Phi) is 4.82. The van der Waals surface area contributed by atoms with Crippen LogP contribution in [0.25, 0.3) is 0 Å². The fourth-order valence-electron chi connectivity index (χ4n) is 1.15. The van der Waals surface area contributed by atoms with Gasteiger partial charge >= 0.3 is 5.97 Å². The quantitative estimate of drug-likeness (QED) is 0.822. The van der Waals surface area contributed by atoms with Crippen molar-refractivity contribution < 1.29 is 14.7 Å². The molecule has 1 aromatic heterocycles. The van der Waals surface area contributed by atoms with Crippen molar-refractivity contribution in [2.75, 3.05) is 19.8 Å². The van der Waals surface area contributed by atoms with Crippen LogP contribution in [0.2, 0.25) is 0 Å². The average molecular weight is 259 g/mol. The molecule has 0 unspecified atom stereocenters. The third-order valence-corrected chi connectivity index (χ3v) is 3.86. The topological polar surface area (TPSA) is 57.6 Å². The predicted octanol–water partition coefficient (Wildman–Crippen LogP) is 2.02. The highest BCUT2D eigenvalue weighted by atomic mass is 32.2. The van der Waals surface area contributed by atoms with Gasteiger partial charge in [-0.2, -0.15) is 0 Å². The van der Waals surface area contributed by atoms with E-state index in [1.165, 1.54) is 28.0 Å². The Balaban J connectivity index is 2.66. The van der Waals surface area contributed by atoms with Crippen LogP contribution >= 0.6 is 23.1 Å². The van der Waals surface area contributed by atoms with Crippen molar-refractivity contribution >= 4 is 35.0 Å². The molecular weight excluding hydrogens is 246 g/mol. The lowest BCUT2D eigenvalue weighted by Crippen LogP contribution is -2.28. The van der Waals surface area contributed by atoms with Gasteiger partial charge in [0.05, 0.1) is 6.42 Å². The molecule has 1 aromatic rings. The molecule has 0 bridgehead atoms. The predicted molar refractivity (Wildman–Crippen MR) is 65.3 cm³/mol. The van der Waals surface area contributed by atoms with Crippen molar-refractivity contribution in [3.8, 4) is 0 Å². The summed E-state index contributed by atoms with van der Waals surface area (Å²) in [5, 5.41) is 10.4. The number of thioether (sulfide) groups is 1. The number of hydrogen-bond donors (Lipinski definition) is 1. The second-order valence-electron chi connectivity index (χ2n) is 3.19. The Morgan fingerprint density at radius 3 is 2.81 bits per heavy atom. The van der Waals surface area contributed by atoms with Gasteiger partial charge in [-0.1, -0.05) is 0 Å². The zero-order chi connectivity index (χ0) is 12.1. The van der Waals surface area contributed by atoms with Gasteiger partial charge in [0, 0.05) is 18.5 Å². The van der Waals surface area contributed by atoms with Gasteiger partial charge < -0.3 is 10.0 Å². The largest absolute Gasteiger partial charge is 0.481 e. The van der Waals surface area contributed by atoms with Crippen molar-refractivity contribution in [1.82, 2.24) is 4.90 Å². The number of carboxylic acid groups (broad SMARTS) is 1. The molecule has 0 radical (unpaired) electrons. The third-order valence-electron chi connectivity index (χ3n) is 2.05. The fourth-order valence-corrected chi connectivity index (χ4v) is 2.89. The zero-order valence-electron chi connectivity index (χ0n) is 9.10. The summed E-state index contributed by atoms with van der Waals surface area (Å²) in [5.41, 5.74) is 0. The van der Waals surface area contributed by atoms with Gasteiger partial charge in [0.25, 0.3) is 5.91 Å². The summed E-state index contributed by atoms with van der Waals surface area (Å²) in [6, 6.07) is 1.90. The van der Waals surface area contributed by atoms with Gasteiger partial charge in [0.1, 0.15) is 4.88 Å². The van der Waals surface area contributed by atoms with Crippen LogP contribution in [0.5, 0.6) is 0 Å². The van der Waals surface area contributed by atoms with E-state index in [1.807, 2.05) is 17.7 Å². The minimum absolute atomic E-state index is 0.0256. The fraction of sp³-hybridized carbons (Fsp3) is 0.400. The minimum Gasteiger partial charge on any atom is -0.481 e. The molecule has 4 nitrogen and oxygen atoms in total. The summed E-state index contributed by atoms with van der Waals surface area (Å²) in [4.78, 5) is 25.4. The lowest BCUT2D eigenvalue weighted by Gasteiger charge is -2.15. The van der Waals surface area contributed by atoms with E-state index in [9.17, 15) is 9.59 Å². The number of carboxylic acids is 1. The number of hydrogen-bond acceptors (Lipinski definition) is 4. The molecule has 0 saturated carbocycles. The summed E-state index contributed by atoms with van der Waals surface area (Å²) in [7, 11) is 1.62. The molecule has 0 aliphatic carbocycles. The van der Waals surface area contributed by atoms with Crippen LogP contribution in [0, 0.1) is 0 Å². The maximum Gasteiger partial charge on any atom is 0.305 e. The highest BCUT2D eigenvalue weighted by Crippen LogP contribution is 2.26. The molecule has 1 amide bonds. The number of carbonyl (C=O) groups excluding carboxylic acids is 1. The summed E-state index contributed by atoms with van der Waals surface area (Å²) in [5.74, 6) is -1.00. The molecular formula is C10H13NO3S2. The molecule has 0 saturated heterocycles. The van der Waals surface area contributed by atoms with Crippen LogP contribution in [0.15, 0.2) is 16.3 Å². The number of thiophene rings is 1. The standard InChI is InChI=1S/C10H13NO3S2/c1-11(5-3-8(12)13)10(14)9-7(15-2)4-6-16-9/h4,6H,3,5H2,1-2H3,(H,12,13). The van der Waals surface area contributed by atoms with E-state index in [2.05, 4.69) is 0 Å². The number of carbonyl (C=O) groups is 2. The molecule has 88 valence electrons. The number of aliphatic carboxylic acids is 1. The van der Waals surface area contributed by atoms with Crippen LogP contribution in [0.1, 0.15) is 16.1 Å². The van der Waals surface area contributed by atoms with Crippen molar-refractivity contribution in [2.24, 2.45) is 0 Å². The van der Waals surface area contributed by atoms with E-state index in [0.717, 1.165) is 4.90 Å². The SMILES string of the molecule is CSc1ccsc1C(=O)N(C)CCC(=O)O. The van der Waals surface area contributed by atoms with Gasteiger partial charge in [0.15, 0.2) is 0 Å². The molecule has 1 rings (SSSR count). The number of rotatable bonds is 5. The lowest BCUT2D eigenvalue weighted by atomic mass is 10.3. The lowest BCUT2D eigenvalue weighted by molar-refractivity contribution is -0.137. The second kappa shape index (κ2) is 5.91. The van der Waals surface area contributed by atoms with Gasteiger partial charge in [-0.15, -0.1) is 23.1 Å².